The largest absolute Gasteiger partial charge is 0.454 e. The van der Waals surface area contributed by atoms with E-state index in [2.05, 4.69) is 20.8 Å². The lowest BCUT2D eigenvalue weighted by Gasteiger charge is -2.40. The molecule has 0 aromatic heterocycles. The third-order valence-electron chi connectivity index (χ3n) is 23.1. The molecule has 122 heavy (non-hydrogen) atoms. The first-order valence-corrected chi connectivity index (χ1v) is 46.6. The molecule has 5 aliphatic heterocycles. The summed E-state index contributed by atoms with van der Waals surface area (Å²) in [5, 5.41) is 161. The minimum atomic E-state index is -1.36. The Balaban J connectivity index is 0.000000796. The molecule has 0 spiro atoms. The number of hydrogen-bond acceptors (Lipinski definition) is 33. The molecule has 25 atom stereocenters. The zero-order valence-electron chi connectivity index (χ0n) is 75.5. The molecule has 5 heterocycles. The van der Waals surface area contributed by atoms with Crippen LogP contribution in [0.15, 0.2) is 0 Å². The zero-order chi connectivity index (χ0) is 90.8. The van der Waals surface area contributed by atoms with E-state index in [1.165, 1.54) is 267 Å². The normalized spacial score (nSPS) is 30.1. The van der Waals surface area contributed by atoms with Crippen LogP contribution in [-0.2, 0) is 76.0 Å². The lowest BCUT2D eigenvalue weighted by Crippen LogP contribution is -2.60. The van der Waals surface area contributed by atoms with Crippen LogP contribution < -0.4 is 0 Å². The summed E-state index contributed by atoms with van der Waals surface area (Å²) >= 11 is 0. The highest BCUT2D eigenvalue weighted by Crippen LogP contribution is 2.30. The number of esters is 3. The fourth-order valence-electron chi connectivity index (χ4n) is 15.2. The van der Waals surface area contributed by atoms with Crippen molar-refractivity contribution in [1.29, 1.82) is 0 Å². The van der Waals surface area contributed by atoms with Gasteiger partial charge in [-0.2, -0.15) is 0 Å². The summed E-state index contributed by atoms with van der Waals surface area (Å²) in [6, 6.07) is 0. The lowest BCUT2D eigenvalue weighted by atomic mass is 9.99. The quantitative estimate of drug-likeness (QED) is 0.0158. The van der Waals surface area contributed by atoms with E-state index in [-0.39, 0.29) is 19.3 Å². The molecule has 0 aromatic rings. The second-order valence-electron chi connectivity index (χ2n) is 33.2. The van der Waals surface area contributed by atoms with Crippen molar-refractivity contribution < 1.29 is 163 Å². The van der Waals surface area contributed by atoms with Crippen LogP contribution in [-0.4, -0.2) is 327 Å². The van der Waals surface area contributed by atoms with Crippen molar-refractivity contribution in [2.45, 2.75) is 483 Å². The maximum Gasteiger partial charge on any atom is 0.306 e. The smallest absolute Gasteiger partial charge is 0.306 e. The molecular formula is C89H172O33. The van der Waals surface area contributed by atoms with Gasteiger partial charge in [0.2, 0.25) is 0 Å². The summed E-state index contributed by atoms with van der Waals surface area (Å²) in [5.74, 6) is -1.32. The van der Waals surface area contributed by atoms with Gasteiger partial charge in [-0.25, -0.2) is 0 Å². The predicted octanol–water partition coefficient (Wildman–Crippen LogP) is 7.60. The van der Waals surface area contributed by atoms with Crippen LogP contribution in [0.1, 0.15) is 329 Å². The fraction of sp³-hybridized carbons (Fsp3) is 0.966. The van der Waals surface area contributed by atoms with Gasteiger partial charge in [-0.15, -0.1) is 0 Å². The first kappa shape index (κ1) is 117. The van der Waals surface area contributed by atoms with E-state index in [1.54, 1.807) is 0 Å². The summed E-state index contributed by atoms with van der Waals surface area (Å²) in [7, 11) is 6.68. The molecule has 726 valence electrons. The Morgan fingerprint density at radius 3 is 0.508 bits per heavy atom. The summed E-state index contributed by atoms with van der Waals surface area (Å²) < 4.78 is 66.6. The maximum absolute atomic E-state index is 12.1. The Morgan fingerprint density at radius 2 is 0.352 bits per heavy atom. The van der Waals surface area contributed by atoms with E-state index in [9.17, 15) is 91.0 Å². The van der Waals surface area contributed by atoms with E-state index in [1.807, 2.05) is 0 Å². The van der Waals surface area contributed by atoms with Gasteiger partial charge in [0.1, 0.15) is 104 Å². The van der Waals surface area contributed by atoms with Crippen molar-refractivity contribution in [3.63, 3.8) is 0 Å². The minimum absolute atomic E-state index is 0.261. The number of hydrogen-bond donors (Lipinski definition) is 17. The number of rotatable bonds is 61. The van der Waals surface area contributed by atoms with Crippen molar-refractivity contribution >= 4 is 17.9 Å². The number of carbonyl (C=O) groups excluding carboxylic acids is 3. The van der Waals surface area contributed by atoms with Crippen LogP contribution in [0.3, 0.4) is 0 Å². The van der Waals surface area contributed by atoms with Crippen LogP contribution in [0.2, 0.25) is 0 Å². The molecule has 3 unspecified atom stereocenters. The topological polar surface area (TPSA) is 515 Å². The summed E-state index contributed by atoms with van der Waals surface area (Å²) in [6.45, 7) is 4.51. The van der Waals surface area contributed by atoms with Crippen molar-refractivity contribution in [1.82, 2.24) is 0 Å². The second-order valence-corrected chi connectivity index (χ2v) is 33.2. The van der Waals surface area contributed by atoms with Gasteiger partial charge in [0.15, 0.2) is 49.8 Å². The fourth-order valence-corrected chi connectivity index (χ4v) is 15.2. The van der Waals surface area contributed by atoms with Crippen molar-refractivity contribution in [2.75, 3.05) is 68.6 Å². The van der Waals surface area contributed by atoms with Crippen molar-refractivity contribution in [2.24, 2.45) is 0 Å². The van der Waals surface area contributed by atoms with Crippen LogP contribution >= 0.6 is 0 Å². The average molecular weight is 1770 g/mol. The summed E-state index contributed by atoms with van der Waals surface area (Å²) in [4.78, 5) is 36.4. The van der Waals surface area contributed by atoms with Gasteiger partial charge in [0, 0.05) is 54.8 Å². The van der Waals surface area contributed by atoms with Gasteiger partial charge in [-0.3, -0.25) is 14.4 Å². The van der Waals surface area contributed by atoms with Crippen LogP contribution in [0, 0.1) is 0 Å². The van der Waals surface area contributed by atoms with Crippen LogP contribution in [0.25, 0.3) is 0 Å². The molecule has 33 heteroatoms. The Labute approximate surface area is 728 Å². The van der Waals surface area contributed by atoms with Crippen molar-refractivity contribution in [3.05, 3.63) is 0 Å². The zero-order valence-corrected chi connectivity index (χ0v) is 75.5. The highest BCUT2D eigenvalue weighted by molar-refractivity contribution is 5.70. The van der Waals surface area contributed by atoms with E-state index in [0.717, 1.165) is 57.8 Å². The molecule has 17 N–H and O–H groups in total. The monoisotopic (exact) mass is 1770 g/mol. The van der Waals surface area contributed by atoms with E-state index in [0.29, 0.717) is 0 Å². The Hall–Kier alpha value is -2.67. The molecule has 5 fully saturated rings. The van der Waals surface area contributed by atoms with E-state index in [4.69, 9.17) is 71.8 Å². The molecule has 0 radical (unpaired) electrons. The molecule has 0 bridgehead atoms. The summed E-state index contributed by atoms with van der Waals surface area (Å²) in [5.41, 5.74) is 0. The first-order chi connectivity index (χ1) is 58.9. The van der Waals surface area contributed by atoms with E-state index < -0.39 is 204 Å². The third kappa shape index (κ3) is 48.8. The highest BCUT2D eigenvalue weighted by Gasteiger charge is 2.50. The molecular weight excluding hydrogens is 1600 g/mol. The molecule has 0 aliphatic carbocycles. The Morgan fingerprint density at radius 1 is 0.205 bits per heavy atom. The van der Waals surface area contributed by atoms with Gasteiger partial charge in [-0.1, -0.05) is 290 Å². The molecule has 0 amide bonds. The number of carbonyl (C=O) groups is 3. The number of ether oxygens (including phenoxy) is 13. The predicted molar refractivity (Wildman–Crippen MR) is 454 cm³/mol. The first-order valence-electron chi connectivity index (χ1n) is 46.6. The van der Waals surface area contributed by atoms with Gasteiger partial charge in [0.25, 0.3) is 0 Å². The van der Waals surface area contributed by atoms with Crippen LogP contribution in [0.4, 0.5) is 0 Å². The minimum Gasteiger partial charge on any atom is -0.454 e. The molecule has 5 saturated heterocycles. The van der Waals surface area contributed by atoms with Gasteiger partial charge < -0.3 is 148 Å². The molecule has 0 aromatic carbocycles. The Kier molecular flexibility index (Phi) is 72.2. The van der Waals surface area contributed by atoms with Crippen LogP contribution in [0.5, 0.6) is 0 Å². The standard InChI is InChI=1S/3C25H48O7.2C7H14O6/c3*1-3-4-5-6-7-8-9-10-11-12-13-14-15-16-17-18-21(27)32-24-23(29)22(28)20(19-26)31-25(24)30-2;2*1-12-7-6(11)5(10)4(9)3(2-8)13-7/h3*20,22-26,28-29H,3-19H2,1-2H3;2*3-11H,2H2,1H3/t3*20-,22-,23+,24-,25?;2*3-,4-,5+,6-,7-/m11111/s1. The van der Waals surface area contributed by atoms with Gasteiger partial charge >= 0.3 is 17.9 Å². The Bertz CT molecular complexity index is 2140. The molecule has 33 nitrogen and oxygen atoms in total. The maximum atomic E-state index is 12.1. The lowest BCUT2D eigenvalue weighted by molar-refractivity contribution is -0.298. The van der Waals surface area contributed by atoms with Gasteiger partial charge in [0.05, 0.1) is 33.0 Å². The summed E-state index contributed by atoms with van der Waals surface area (Å²) in [6.07, 6.45) is 28.2. The highest BCUT2D eigenvalue weighted by atomic mass is 16.7. The number of aliphatic hydroxyl groups excluding tert-OH is 17. The number of methoxy groups -OCH3 is 5. The number of unbranched alkanes of at least 4 members (excludes halogenated alkanes) is 42. The molecule has 0 saturated carbocycles. The SMILES string of the molecule is CCCCCCCCCCCCCCCCCC(=O)O[C@H]1C(OC)O[C@H](CO)[C@@H](O)[C@@H]1O.CCCCCCCCCCCCCCCCCC(=O)O[C@H]1C(OC)O[C@H](CO)[C@@H](O)[C@@H]1O.CCCCCCCCCCCCCCCCCC(=O)O[C@H]1C(OC)O[C@H](CO)[C@@H](O)[C@@H]1O.CO[C@@H]1O[C@H](CO)[C@@H](O)[C@H](O)[C@H]1O.CO[C@@H]1O[C@H](CO)[C@@H](O)[C@H](O)[C@H]1O. The van der Waals surface area contributed by atoms with Crippen molar-refractivity contribution in [3.8, 4) is 0 Å². The second kappa shape index (κ2) is 75.0. The molecule has 5 aliphatic rings. The number of aliphatic hydroxyl groups is 17. The van der Waals surface area contributed by atoms with E-state index >= 15 is 0 Å². The third-order valence-corrected chi connectivity index (χ3v) is 23.1. The molecule has 5 rings (SSSR count). The average Bonchev–Trinajstić information content (AvgIpc) is 0.822. The van der Waals surface area contributed by atoms with Gasteiger partial charge in [-0.05, 0) is 19.3 Å².